The summed E-state index contributed by atoms with van der Waals surface area (Å²) in [5.74, 6) is 0.344. The summed E-state index contributed by atoms with van der Waals surface area (Å²) >= 11 is 0. The van der Waals surface area contributed by atoms with Crippen molar-refractivity contribution in [2.24, 2.45) is 5.10 Å². The van der Waals surface area contributed by atoms with E-state index in [0.717, 1.165) is 11.1 Å². The highest BCUT2D eigenvalue weighted by atomic mass is 16.5. The van der Waals surface area contributed by atoms with Gasteiger partial charge < -0.3 is 10.5 Å². The fourth-order valence-corrected chi connectivity index (χ4v) is 1.86. The molecule has 0 atom stereocenters. The molecule has 0 unspecified atom stereocenters. The van der Waals surface area contributed by atoms with Crippen LogP contribution in [-0.2, 0) is 4.79 Å². The first-order valence-corrected chi connectivity index (χ1v) is 6.93. The predicted molar refractivity (Wildman–Crippen MR) is 87.9 cm³/mol. The highest BCUT2D eigenvalue weighted by Crippen LogP contribution is 2.12. The van der Waals surface area contributed by atoms with Crippen LogP contribution in [0.2, 0.25) is 0 Å². The molecule has 1 amide bonds. The maximum Gasteiger partial charge on any atom is 0.277 e. The number of carbonyl (C=O) groups is 1. The molecular formula is C17H19N3O2. The lowest BCUT2D eigenvalue weighted by Crippen LogP contribution is -2.25. The number of benzene rings is 2. The van der Waals surface area contributed by atoms with E-state index in [1.54, 1.807) is 19.1 Å². The Kier molecular flexibility index (Phi) is 5.14. The van der Waals surface area contributed by atoms with Crippen LogP contribution in [0.25, 0.3) is 0 Å². The molecule has 0 spiro atoms. The van der Waals surface area contributed by atoms with Crippen LogP contribution < -0.4 is 15.9 Å². The molecule has 0 saturated heterocycles. The second-order valence-electron chi connectivity index (χ2n) is 4.96. The van der Waals surface area contributed by atoms with Crippen LogP contribution in [0.15, 0.2) is 53.6 Å². The number of nitrogen functional groups attached to an aromatic ring is 1. The van der Waals surface area contributed by atoms with E-state index in [-0.39, 0.29) is 12.5 Å². The smallest absolute Gasteiger partial charge is 0.277 e. The highest BCUT2D eigenvalue weighted by Gasteiger charge is 2.03. The number of aryl methyl sites for hydroxylation is 1. The molecule has 2 aromatic carbocycles. The summed E-state index contributed by atoms with van der Waals surface area (Å²) in [6.07, 6.45) is 0. The molecule has 0 fully saturated rings. The van der Waals surface area contributed by atoms with Crippen molar-refractivity contribution in [1.29, 1.82) is 0 Å². The fraction of sp³-hybridized carbons (Fsp3) is 0.176. The van der Waals surface area contributed by atoms with E-state index in [1.807, 2.05) is 43.3 Å². The van der Waals surface area contributed by atoms with E-state index >= 15 is 0 Å². The van der Waals surface area contributed by atoms with Crippen LogP contribution in [0.3, 0.4) is 0 Å². The second-order valence-corrected chi connectivity index (χ2v) is 4.96. The van der Waals surface area contributed by atoms with Crippen LogP contribution in [0.4, 0.5) is 5.69 Å². The van der Waals surface area contributed by atoms with Gasteiger partial charge in [-0.05, 0) is 49.2 Å². The van der Waals surface area contributed by atoms with E-state index in [9.17, 15) is 4.79 Å². The summed E-state index contributed by atoms with van der Waals surface area (Å²) in [5.41, 5.74) is 11.5. The molecule has 0 aliphatic rings. The van der Waals surface area contributed by atoms with Gasteiger partial charge in [-0.3, -0.25) is 4.79 Å². The summed E-state index contributed by atoms with van der Waals surface area (Å²) < 4.78 is 5.40. The van der Waals surface area contributed by atoms with Gasteiger partial charge in [0.15, 0.2) is 6.61 Å². The van der Waals surface area contributed by atoms with Gasteiger partial charge in [-0.15, -0.1) is 0 Å². The molecule has 0 aliphatic heterocycles. The summed E-state index contributed by atoms with van der Waals surface area (Å²) in [6, 6.07) is 14.8. The number of rotatable bonds is 5. The number of nitrogens with zero attached hydrogens (tertiary/aromatic N) is 1. The molecule has 0 saturated carbocycles. The van der Waals surface area contributed by atoms with E-state index in [2.05, 4.69) is 10.5 Å². The fourth-order valence-electron chi connectivity index (χ4n) is 1.86. The highest BCUT2D eigenvalue weighted by molar-refractivity contribution is 5.99. The van der Waals surface area contributed by atoms with Crippen molar-refractivity contribution in [2.45, 2.75) is 13.8 Å². The number of hydrogen-bond acceptors (Lipinski definition) is 4. The van der Waals surface area contributed by atoms with E-state index in [1.165, 1.54) is 0 Å². The van der Waals surface area contributed by atoms with Gasteiger partial charge in [0.25, 0.3) is 5.91 Å². The number of hydrazone groups is 1. The average Bonchev–Trinajstić information content (AvgIpc) is 2.50. The number of nitrogens with one attached hydrogen (secondary N) is 1. The molecule has 114 valence electrons. The lowest BCUT2D eigenvalue weighted by Gasteiger charge is -2.06. The molecule has 0 bridgehead atoms. The van der Waals surface area contributed by atoms with Crippen LogP contribution in [0.1, 0.15) is 18.1 Å². The molecule has 3 N–H and O–H groups in total. The predicted octanol–water partition coefficient (Wildman–Crippen LogP) is 2.50. The van der Waals surface area contributed by atoms with Crippen molar-refractivity contribution in [2.75, 3.05) is 12.3 Å². The van der Waals surface area contributed by atoms with Gasteiger partial charge in [-0.1, -0.05) is 24.3 Å². The average molecular weight is 297 g/mol. The van der Waals surface area contributed by atoms with Gasteiger partial charge in [0.1, 0.15) is 5.75 Å². The van der Waals surface area contributed by atoms with Gasteiger partial charge in [-0.25, -0.2) is 5.43 Å². The Balaban J connectivity index is 1.88. The summed E-state index contributed by atoms with van der Waals surface area (Å²) in [5, 5.41) is 4.05. The van der Waals surface area contributed by atoms with Crippen molar-refractivity contribution in [3.63, 3.8) is 0 Å². The molecule has 0 aromatic heterocycles. The minimum Gasteiger partial charge on any atom is -0.484 e. The third kappa shape index (κ3) is 4.63. The molecule has 0 radical (unpaired) electrons. The van der Waals surface area contributed by atoms with E-state index in [4.69, 9.17) is 10.5 Å². The zero-order chi connectivity index (χ0) is 15.9. The van der Waals surface area contributed by atoms with Gasteiger partial charge in [0.05, 0.1) is 5.71 Å². The third-order valence-electron chi connectivity index (χ3n) is 3.01. The van der Waals surface area contributed by atoms with Gasteiger partial charge in [-0.2, -0.15) is 5.10 Å². The van der Waals surface area contributed by atoms with Crippen LogP contribution in [0.5, 0.6) is 5.75 Å². The zero-order valence-electron chi connectivity index (χ0n) is 12.7. The molecule has 2 rings (SSSR count). The minimum absolute atomic E-state index is 0.0861. The van der Waals surface area contributed by atoms with Crippen molar-refractivity contribution in [1.82, 2.24) is 5.43 Å². The number of carbonyl (C=O) groups excluding carboxylic acids is 1. The van der Waals surface area contributed by atoms with Gasteiger partial charge in [0, 0.05) is 5.69 Å². The van der Waals surface area contributed by atoms with Gasteiger partial charge >= 0.3 is 0 Å². The number of ether oxygens (including phenoxy) is 1. The lowest BCUT2D eigenvalue weighted by atomic mass is 10.1. The Bertz CT molecular complexity index is 696. The van der Waals surface area contributed by atoms with Crippen LogP contribution in [0, 0.1) is 6.92 Å². The molecule has 0 aliphatic carbocycles. The van der Waals surface area contributed by atoms with Crippen molar-refractivity contribution in [3.8, 4) is 5.75 Å². The first kappa shape index (κ1) is 15.6. The SMILES string of the molecule is CC(=NNC(=O)COc1cccc(C)c1)c1cccc(N)c1. The maximum absolute atomic E-state index is 11.7. The Hall–Kier alpha value is -2.82. The Morgan fingerprint density at radius 1 is 1.23 bits per heavy atom. The number of anilines is 1. The first-order valence-electron chi connectivity index (χ1n) is 6.93. The number of hydrogen-bond donors (Lipinski definition) is 2. The summed E-state index contributed by atoms with van der Waals surface area (Å²) in [4.78, 5) is 11.7. The van der Waals surface area contributed by atoms with Crippen LogP contribution in [-0.4, -0.2) is 18.2 Å². The van der Waals surface area contributed by atoms with Crippen molar-refractivity contribution >= 4 is 17.3 Å². The molecule has 0 heterocycles. The first-order chi connectivity index (χ1) is 10.5. The van der Waals surface area contributed by atoms with E-state index in [0.29, 0.717) is 17.1 Å². The maximum atomic E-state index is 11.7. The topological polar surface area (TPSA) is 76.7 Å². The number of nitrogens with two attached hydrogens (primary N) is 1. The normalized spacial score (nSPS) is 11.1. The second kappa shape index (κ2) is 7.26. The molecular weight excluding hydrogens is 278 g/mol. The zero-order valence-corrected chi connectivity index (χ0v) is 12.7. The molecule has 5 heteroatoms. The summed E-state index contributed by atoms with van der Waals surface area (Å²) in [6.45, 7) is 3.68. The van der Waals surface area contributed by atoms with E-state index < -0.39 is 0 Å². The molecule has 22 heavy (non-hydrogen) atoms. The third-order valence-corrected chi connectivity index (χ3v) is 3.01. The standard InChI is InChI=1S/C17H19N3O2/c1-12-5-3-8-16(9-12)22-11-17(21)20-19-13(2)14-6-4-7-15(18)10-14/h3-10H,11,18H2,1-2H3,(H,20,21). The molecule has 5 nitrogen and oxygen atoms in total. The van der Waals surface area contributed by atoms with Crippen molar-refractivity contribution < 1.29 is 9.53 Å². The monoisotopic (exact) mass is 297 g/mol. The Labute approximate surface area is 129 Å². The number of amides is 1. The Morgan fingerprint density at radius 2 is 2.00 bits per heavy atom. The van der Waals surface area contributed by atoms with Crippen molar-refractivity contribution in [3.05, 3.63) is 59.7 Å². The molecule has 2 aromatic rings. The van der Waals surface area contributed by atoms with Crippen LogP contribution >= 0.6 is 0 Å². The lowest BCUT2D eigenvalue weighted by molar-refractivity contribution is -0.123. The van der Waals surface area contributed by atoms with Gasteiger partial charge in [0.2, 0.25) is 0 Å². The Morgan fingerprint density at radius 3 is 2.73 bits per heavy atom. The summed E-state index contributed by atoms with van der Waals surface area (Å²) in [7, 11) is 0. The minimum atomic E-state index is -0.315. The largest absolute Gasteiger partial charge is 0.484 e. The quantitative estimate of drug-likeness (QED) is 0.506.